The summed E-state index contributed by atoms with van der Waals surface area (Å²) in [5, 5.41) is 1.52. The zero-order valence-corrected chi connectivity index (χ0v) is 12.7. The van der Waals surface area contributed by atoms with Crippen molar-refractivity contribution < 1.29 is 14.2 Å². The third kappa shape index (κ3) is 3.46. The fourth-order valence-corrected chi connectivity index (χ4v) is 2.65. The van der Waals surface area contributed by atoms with Gasteiger partial charge in [0.15, 0.2) is 0 Å². The molecule has 4 nitrogen and oxygen atoms in total. The van der Waals surface area contributed by atoms with E-state index in [0.717, 1.165) is 48.3 Å². The molecule has 1 saturated heterocycles. The molecule has 0 radical (unpaired) electrons. The Bertz CT molecular complexity index is 626. The highest BCUT2D eigenvalue weighted by Gasteiger charge is 2.15. The van der Waals surface area contributed by atoms with E-state index in [1.807, 2.05) is 24.3 Å². The molecule has 0 aliphatic carbocycles. The van der Waals surface area contributed by atoms with Gasteiger partial charge in [-0.25, -0.2) is 4.98 Å². The summed E-state index contributed by atoms with van der Waals surface area (Å²) in [6, 6.07) is 7.81. The van der Waals surface area contributed by atoms with Crippen LogP contribution in [0, 0.1) is 0 Å². The molecule has 0 atom stereocenters. The first-order valence-corrected chi connectivity index (χ1v) is 7.46. The van der Waals surface area contributed by atoms with Gasteiger partial charge in [0.2, 0.25) is 0 Å². The predicted octanol–water partition coefficient (Wildman–Crippen LogP) is 3.59. The van der Waals surface area contributed by atoms with Crippen LogP contribution in [0.5, 0.6) is 5.75 Å². The molecule has 0 saturated carbocycles. The van der Waals surface area contributed by atoms with Crippen LogP contribution in [0.1, 0.15) is 18.4 Å². The second-order valence-corrected chi connectivity index (χ2v) is 5.48. The summed E-state index contributed by atoms with van der Waals surface area (Å²) in [7, 11) is 1.64. The minimum absolute atomic E-state index is 0.251. The molecule has 0 unspecified atom stereocenters. The minimum atomic E-state index is 0.251. The first kappa shape index (κ1) is 14.6. The smallest absolute Gasteiger partial charge is 0.135 e. The van der Waals surface area contributed by atoms with E-state index in [4.69, 9.17) is 25.8 Å². The summed E-state index contributed by atoms with van der Waals surface area (Å²) in [5.41, 5.74) is 1.75. The Hall–Kier alpha value is -1.36. The zero-order chi connectivity index (χ0) is 14.7. The van der Waals surface area contributed by atoms with E-state index >= 15 is 0 Å². The number of rotatable bonds is 4. The van der Waals surface area contributed by atoms with Crippen molar-refractivity contribution in [3.05, 3.63) is 35.0 Å². The van der Waals surface area contributed by atoms with Crippen molar-refractivity contribution in [2.24, 2.45) is 0 Å². The van der Waals surface area contributed by atoms with E-state index in [1.54, 1.807) is 7.11 Å². The number of hydrogen-bond donors (Lipinski definition) is 0. The molecule has 112 valence electrons. The van der Waals surface area contributed by atoms with Crippen molar-refractivity contribution in [2.45, 2.75) is 25.6 Å². The second-order valence-electron chi connectivity index (χ2n) is 5.12. The van der Waals surface area contributed by atoms with Crippen molar-refractivity contribution >= 4 is 22.5 Å². The average Bonchev–Trinajstić information content (AvgIpc) is 2.53. The number of ether oxygens (including phenoxy) is 3. The maximum absolute atomic E-state index is 6.26. The quantitative estimate of drug-likeness (QED) is 0.809. The van der Waals surface area contributed by atoms with Crippen molar-refractivity contribution in [3.63, 3.8) is 0 Å². The van der Waals surface area contributed by atoms with Gasteiger partial charge in [-0.2, -0.15) is 0 Å². The predicted molar refractivity (Wildman–Crippen MR) is 81.9 cm³/mol. The van der Waals surface area contributed by atoms with E-state index in [-0.39, 0.29) is 6.10 Å². The van der Waals surface area contributed by atoms with Crippen LogP contribution >= 0.6 is 11.6 Å². The van der Waals surface area contributed by atoms with Crippen LogP contribution in [-0.2, 0) is 16.1 Å². The fraction of sp³-hybridized carbons (Fsp3) is 0.438. The lowest BCUT2D eigenvalue weighted by atomic mass is 10.1. The van der Waals surface area contributed by atoms with Gasteiger partial charge in [0.05, 0.1) is 25.3 Å². The number of fused-ring (bicyclic) bond motifs is 1. The van der Waals surface area contributed by atoms with Crippen LogP contribution in [0.15, 0.2) is 24.3 Å². The van der Waals surface area contributed by atoms with Gasteiger partial charge in [-0.05, 0) is 31.0 Å². The van der Waals surface area contributed by atoms with Crippen LogP contribution < -0.4 is 4.74 Å². The highest BCUT2D eigenvalue weighted by molar-refractivity contribution is 6.30. The molecule has 2 aromatic rings. The van der Waals surface area contributed by atoms with Gasteiger partial charge in [-0.3, -0.25) is 0 Å². The largest absolute Gasteiger partial charge is 0.497 e. The SMILES string of the molecule is COc1ccc2cc(COC3CCOCC3)c(Cl)nc2c1. The van der Waals surface area contributed by atoms with Crippen LogP contribution in [-0.4, -0.2) is 31.4 Å². The lowest BCUT2D eigenvalue weighted by Gasteiger charge is -2.22. The summed E-state index contributed by atoms with van der Waals surface area (Å²) in [6.45, 7) is 2.03. The van der Waals surface area contributed by atoms with Crippen molar-refractivity contribution in [2.75, 3.05) is 20.3 Å². The number of hydrogen-bond acceptors (Lipinski definition) is 4. The number of benzene rings is 1. The second kappa shape index (κ2) is 6.60. The maximum Gasteiger partial charge on any atom is 0.135 e. The summed E-state index contributed by atoms with van der Waals surface area (Å²) >= 11 is 6.26. The Morgan fingerprint density at radius 2 is 2.10 bits per heavy atom. The standard InChI is InChI=1S/C16H18ClNO3/c1-19-14-3-2-11-8-12(16(17)18-15(11)9-14)10-21-13-4-6-20-7-5-13/h2-3,8-9,13H,4-7,10H2,1H3. The molecule has 3 rings (SSSR count). The topological polar surface area (TPSA) is 40.6 Å². The van der Waals surface area contributed by atoms with Gasteiger partial charge < -0.3 is 14.2 Å². The summed E-state index contributed by atoms with van der Waals surface area (Å²) < 4.78 is 16.4. The molecule has 21 heavy (non-hydrogen) atoms. The lowest BCUT2D eigenvalue weighted by Crippen LogP contribution is -2.23. The first-order chi connectivity index (χ1) is 10.3. The van der Waals surface area contributed by atoms with Gasteiger partial charge in [0.1, 0.15) is 10.9 Å². The minimum Gasteiger partial charge on any atom is -0.497 e. The number of aromatic nitrogens is 1. The molecular formula is C16H18ClNO3. The monoisotopic (exact) mass is 307 g/mol. The number of methoxy groups -OCH3 is 1. The highest BCUT2D eigenvalue weighted by atomic mass is 35.5. The van der Waals surface area contributed by atoms with Gasteiger partial charge in [-0.15, -0.1) is 0 Å². The lowest BCUT2D eigenvalue weighted by molar-refractivity contribution is -0.0390. The van der Waals surface area contributed by atoms with Crippen LogP contribution in [0.3, 0.4) is 0 Å². The summed E-state index contributed by atoms with van der Waals surface area (Å²) in [5.74, 6) is 0.775. The molecule has 1 fully saturated rings. The van der Waals surface area contributed by atoms with Gasteiger partial charge in [-0.1, -0.05) is 11.6 Å². The molecule has 5 heteroatoms. The van der Waals surface area contributed by atoms with Gasteiger partial charge in [0, 0.05) is 30.2 Å². The number of pyridine rings is 1. The molecule has 1 aromatic heterocycles. The first-order valence-electron chi connectivity index (χ1n) is 7.09. The highest BCUT2D eigenvalue weighted by Crippen LogP contribution is 2.25. The molecule has 0 bridgehead atoms. The van der Waals surface area contributed by atoms with E-state index in [0.29, 0.717) is 11.8 Å². The average molecular weight is 308 g/mol. The number of nitrogens with zero attached hydrogens (tertiary/aromatic N) is 1. The Balaban J connectivity index is 1.77. The molecule has 0 N–H and O–H groups in total. The summed E-state index contributed by atoms with van der Waals surface area (Å²) in [6.07, 6.45) is 2.13. The van der Waals surface area contributed by atoms with E-state index in [9.17, 15) is 0 Å². The van der Waals surface area contributed by atoms with E-state index in [1.165, 1.54) is 0 Å². The summed E-state index contributed by atoms with van der Waals surface area (Å²) in [4.78, 5) is 4.43. The van der Waals surface area contributed by atoms with Crippen molar-refractivity contribution in [3.8, 4) is 5.75 Å². The van der Waals surface area contributed by atoms with E-state index in [2.05, 4.69) is 4.98 Å². The molecule has 1 aliphatic heterocycles. The molecule has 2 heterocycles. The molecular weight excluding hydrogens is 290 g/mol. The molecule has 0 spiro atoms. The Morgan fingerprint density at radius 3 is 2.86 bits per heavy atom. The van der Waals surface area contributed by atoms with Crippen LogP contribution in [0.25, 0.3) is 10.9 Å². The fourth-order valence-electron chi connectivity index (χ4n) is 2.45. The molecule has 1 aliphatic rings. The Morgan fingerprint density at radius 1 is 1.29 bits per heavy atom. The Kier molecular flexibility index (Phi) is 4.58. The normalized spacial score (nSPS) is 16.3. The van der Waals surface area contributed by atoms with Crippen LogP contribution in [0.4, 0.5) is 0 Å². The molecule has 1 aromatic carbocycles. The molecule has 0 amide bonds. The zero-order valence-electron chi connectivity index (χ0n) is 12.0. The van der Waals surface area contributed by atoms with Gasteiger partial charge >= 0.3 is 0 Å². The maximum atomic E-state index is 6.26. The van der Waals surface area contributed by atoms with Crippen molar-refractivity contribution in [1.29, 1.82) is 0 Å². The third-order valence-corrected chi connectivity index (χ3v) is 4.02. The third-order valence-electron chi connectivity index (χ3n) is 3.69. The van der Waals surface area contributed by atoms with Gasteiger partial charge in [0.25, 0.3) is 0 Å². The van der Waals surface area contributed by atoms with E-state index < -0.39 is 0 Å². The van der Waals surface area contributed by atoms with Crippen molar-refractivity contribution in [1.82, 2.24) is 4.98 Å². The Labute approximate surface area is 129 Å². The number of halogens is 1. The van der Waals surface area contributed by atoms with Crippen LogP contribution in [0.2, 0.25) is 5.15 Å².